The molecule has 6 heteroatoms. The third-order valence-corrected chi connectivity index (χ3v) is 5.71. The molecule has 2 aliphatic rings. The molecular formula is C21H23N5O. The van der Waals surface area contributed by atoms with Crippen LogP contribution in [0.5, 0.6) is 5.75 Å². The molecule has 0 bridgehead atoms. The Hall–Kier alpha value is -2.89. The average Bonchev–Trinajstić information content (AvgIpc) is 3.51. The van der Waals surface area contributed by atoms with Crippen molar-refractivity contribution in [3.63, 3.8) is 0 Å². The lowest BCUT2D eigenvalue weighted by Gasteiger charge is -2.45. The van der Waals surface area contributed by atoms with Crippen LogP contribution in [0.3, 0.4) is 0 Å². The number of methoxy groups -OCH3 is 1. The summed E-state index contributed by atoms with van der Waals surface area (Å²) in [6, 6.07) is 12.8. The van der Waals surface area contributed by atoms with Crippen molar-refractivity contribution in [1.29, 1.82) is 0 Å². The predicted molar refractivity (Wildman–Crippen MR) is 107 cm³/mol. The molecule has 2 aromatic heterocycles. The van der Waals surface area contributed by atoms with Gasteiger partial charge in [0.25, 0.3) is 0 Å². The summed E-state index contributed by atoms with van der Waals surface area (Å²) in [6.07, 6.45) is 4.39. The van der Waals surface area contributed by atoms with Gasteiger partial charge in [0.05, 0.1) is 24.4 Å². The Morgan fingerprint density at radius 3 is 2.63 bits per heavy atom. The first-order chi connectivity index (χ1) is 13.2. The second kappa shape index (κ2) is 6.37. The van der Waals surface area contributed by atoms with Crippen LogP contribution >= 0.6 is 0 Å². The summed E-state index contributed by atoms with van der Waals surface area (Å²) < 4.78 is 5.39. The third-order valence-electron chi connectivity index (χ3n) is 5.71. The van der Waals surface area contributed by atoms with E-state index in [2.05, 4.69) is 56.3 Å². The van der Waals surface area contributed by atoms with Crippen molar-refractivity contribution in [2.45, 2.75) is 24.8 Å². The summed E-state index contributed by atoms with van der Waals surface area (Å²) in [5.74, 6) is 2.48. The Balaban J connectivity index is 1.32. The lowest BCUT2D eigenvalue weighted by Crippen LogP contribution is -2.59. The summed E-state index contributed by atoms with van der Waals surface area (Å²) in [5.41, 5.74) is 3.31. The fourth-order valence-corrected chi connectivity index (χ4v) is 3.73. The number of ether oxygens (including phenoxy) is 1. The van der Waals surface area contributed by atoms with Crippen molar-refractivity contribution in [1.82, 2.24) is 15.2 Å². The van der Waals surface area contributed by atoms with Crippen LogP contribution in [-0.2, 0) is 0 Å². The predicted octanol–water partition coefficient (Wildman–Crippen LogP) is 3.24. The maximum atomic E-state index is 5.39. The lowest BCUT2D eigenvalue weighted by molar-refractivity contribution is 0.415. The minimum absolute atomic E-state index is 0.437. The minimum Gasteiger partial charge on any atom is -0.497 e. The van der Waals surface area contributed by atoms with E-state index < -0.39 is 0 Å². The van der Waals surface area contributed by atoms with Crippen LogP contribution in [0.1, 0.15) is 24.5 Å². The van der Waals surface area contributed by atoms with Crippen molar-refractivity contribution in [3.05, 3.63) is 48.3 Å². The monoisotopic (exact) mass is 361 g/mol. The Morgan fingerprint density at radius 1 is 1.07 bits per heavy atom. The van der Waals surface area contributed by atoms with Gasteiger partial charge in [0.15, 0.2) is 5.82 Å². The molecule has 27 heavy (non-hydrogen) atoms. The van der Waals surface area contributed by atoms with Crippen LogP contribution in [0.2, 0.25) is 0 Å². The van der Waals surface area contributed by atoms with Crippen molar-refractivity contribution < 1.29 is 4.74 Å². The zero-order chi connectivity index (χ0) is 18.4. The van der Waals surface area contributed by atoms with Crippen LogP contribution in [0.25, 0.3) is 10.9 Å². The van der Waals surface area contributed by atoms with E-state index in [9.17, 15) is 0 Å². The molecule has 1 aromatic carbocycles. The molecular weight excluding hydrogens is 338 g/mol. The Labute approximate surface area is 158 Å². The molecule has 6 nitrogen and oxygen atoms in total. The number of fused-ring (bicyclic) bond motifs is 1. The maximum Gasteiger partial charge on any atom is 0.151 e. The van der Waals surface area contributed by atoms with Gasteiger partial charge in [-0.15, -0.1) is 5.10 Å². The molecule has 5 rings (SSSR count). The fourth-order valence-electron chi connectivity index (χ4n) is 3.73. The average molecular weight is 361 g/mol. The number of rotatable bonds is 5. The smallest absolute Gasteiger partial charge is 0.151 e. The topological polar surface area (TPSA) is 54.4 Å². The Morgan fingerprint density at radius 2 is 1.93 bits per heavy atom. The van der Waals surface area contributed by atoms with Crippen LogP contribution in [-0.4, -0.2) is 48.5 Å². The molecule has 0 amide bonds. The molecule has 1 aliphatic heterocycles. The lowest BCUT2D eigenvalue weighted by atomic mass is 10.1. The van der Waals surface area contributed by atoms with Crippen LogP contribution < -0.4 is 14.5 Å². The third kappa shape index (κ3) is 2.95. The summed E-state index contributed by atoms with van der Waals surface area (Å²) in [7, 11) is 3.85. The Bertz CT molecular complexity index is 964. The highest BCUT2D eigenvalue weighted by molar-refractivity contribution is 5.92. The molecule has 0 spiro atoms. The van der Waals surface area contributed by atoms with E-state index in [4.69, 9.17) is 4.74 Å². The molecule has 3 aromatic rings. The normalized spacial score (nSPS) is 17.0. The summed E-state index contributed by atoms with van der Waals surface area (Å²) in [4.78, 5) is 9.11. The van der Waals surface area contributed by atoms with Crippen LogP contribution in [0.4, 0.5) is 11.5 Å². The van der Waals surface area contributed by atoms with Gasteiger partial charge in [0, 0.05) is 43.3 Å². The van der Waals surface area contributed by atoms with Gasteiger partial charge in [-0.1, -0.05) is 0 Å². The van der Waals surface area contributed by atoms with Gasteiger partial charge in [-0.05, 0) is 49.2 Å². The van der Waals surface area contributed by atoms with E-state index in [0.29, 0.717) is 12.0 Å². The van der Waals surface area contributed by atoms with E-state index >= 15 is 0 Å². The number of anilines is 2. The molecule has 0 unspecified atom stereocenters. The van der Waals surface area contributed by atoms with Gasteiger partial charge >= 0.3 is 0 Å². The van der Waals surface area contributed by atoms with Crippen LogP contribution in [0, 0.1) is 0 Å². The first-order valence-corrected chi connectivity index (χ1v) is 9.47. The van der Waals surface area contributed by atoms with Gasteiger partial charge in [-0.25, -0.2) is 0 Å². The summed E-state index contributed by atoms with van der Waals surface area (Å²) in [5, 5.41) is 9.95. The molecule has 1 saturated carbocycles. The highest BCUT2D eigenvalue weighted by atomic mass is 16.5. The number of aromatic nitrogens is 3. The van der Waals surface area contributed by atoms with Gasteiger partial charge < -0.3 is 14.5 Å². The molecule has 138 valence electrons. The van der Waals surface area contributed by atoms with Crippen molar-refractivity contribution >= 4 is 22.4 Å². The quantitative estimate of drug-likeness (QED) is 0.695. The molecule has 1 aliphatic carbocycles. The molecule has 3 heterocycles. The number of hydrogen-bond donors (Lipinski definition) is 0. The van der Waals surface area contributed by atoms with E-state index in [1.54, 1.807) is 7.11 Å². The molecule has 0 N–H and O–H groups in total. The molecule has 0 atom stereocenters. The first kappa shape index (κ1) is 16.3. The second-order valence-corrected chi connectivity index (χ2v) is 7.47. The maximum absolute atomic E-state index is 5.39. The number of pyridine rings is 1. The van der Waals surface area contributed by atoms with Crippen molar-refractivity contribution in [2.75, 3.05) is 37.0 Å². The number of benzene rings is 1. The highest BCUT2D eigenvalue weighted by Gasteiger charge is 2.32. The summed E-state index contributed by atoms with van der Waals surface area (Å²) >= 11 is 0. The van der Waals surface area contributed by atoms with E-state index in [1.807, 2.05) is 18.3 Å². The van der Waals surface area contributed by atoms with Gasteiger partial charge in [0.1, 0.15) is 5.75 Å². The highest BCUT2D eigenvalue weighted by Crippen LogP contribution is 2.39. The van der Waals surface area contributed by atoms with E-state index in [0.717, 1.165) is 41.3 Å². The largest absolute Gasteiger partial charge is 0.497 e. The molecule has 1 saturated heterocycles. The number of hydrogen-bond acceptors (Lipinski definition) is 6. The molecule has 2 fully saturated rings. The van der Waals surface area contributed by atoms with E-state index in [-0.39, 0.29) is 0 Å². The van der Waals surface area contributed by atoms with Crippen LogP contribution in [0.15, 0.2) is 42.6 Å². The van der Waals surface area contributed by atoms with E-state index in [1.165, 1.54) is 18.5 Å². The fraction of sp³-hybridized carbons (Fsp3) is 0.381. The number of nitrogens with zero attached hydrogens (tertiary/aromatic N) is 5. The Kier molecular flexibility index (Phi) is 3.85. The first-order valence-electron chi connectivity index (χ1n) is 9.47. The standard InChI is InChI=1S/C21H23N5O/c1-25(20-9-10-22-19-6-5-16(27-2)11-17(19)20)15-12-26(13-15)21-8-7-18(23-24-21)14-3-4-14/h5-11,14-15H,3-4,12-13H2,1-2H3. The molecule has 0 radical (unpaired) electrons. The van der Waals surface area contributed by atoms with Gasteiger partial charge in [0.2, 0.25) is 0 Å². The van der Waals surface area contributed by atoms with Crippen molar-refractivity contribution in [2.24, 2.45) is 0 Å². The van der Waals surface area contributed by atoms with Gasteiger partial charge in [-0.3, -0.25) is 4.98 Å². The van der Waals surface area contributed by atoms with Gasteiger partial charge in [-0.2, -0.15) is 5.10 Å². The zero-order valence-corrected chi connectivity index (χ0v) is 15.7. The second-order valence-electron chi connectivity index (χ2n) is 7.47. The summed E-state index contributed by atoms with van der Waals surface area (Å²) in [6.45, 7) is 1.89. The number of likely N-dealkylation sites (N-methyl/N-ethyl adjacent to an activating group) is 1. The SMILES string of the molecule is COc1ccc2nccc(N(C)C3CN(c4ccc(C5CC5)nn4)C3)c2c1. The van der Waals surface area contributed by atoms with Crippen molar-refractivity contribution in [3.8, 4) is 5.75 Å². The minimum atomic E-state index is 0.437. The zero-order valence-electron chi connectivity index (χ0n) is 15.7.